The van der Waals surface area contributed by atoms with Crippen LogP contribution in [0.25, 0.3) is 0 Å². The van der Waals surface area contributed by atoms with Crippen molar-refractivity contribution in [3.8, 4) is 0 Å². The van der Waals surface area contributed by atoms with E-state index in [2.05, 4.69) is 10.4 Å². The van der Waals surface area contributed by atoms with Crippen LogP contribution in [0, 0.1) is 0 Å². The van der Waals surface area contributed by atoms with Crippen LogP contribution in [0.15, 0.2) is 0 Å². The van der Waals surface area contributed by atoms with Gasteiger partial charge >= 0.3 is 5.97 Å². The smallest absolute Gasteiger partial charge is 0.339 e. The van der Waals surface area contributed by atoms with Crippen LogP contribution in [-0.2, 0) is 37.0 Å². The maximum atomic E-state index is 13.3. The van der Waals surface area contributed by atoms with E-state index in [1.54, 1.807) is 0 Å². The second-order valence-electron chi connectivity index (χ2n) is 7.24. The molecular formula is C19H21F2N3O3S. The Morgan fingerprint density at radius 2 is 1.79 bits per heavy atom. The Balaban J connectivity index is 1.58. The Hall–Kier alpha value is -2.29. The van der Waals surface area contributed by atoms with Gasteiger partial charge in [-0.1, -0.05) is 0 Å². The molecule has 6 nitrogen and oxygen atoms in total. The monoisotopic (exact) mass is 409 g/mol. The summed E-state index contributed by atoms with van der Waals surface area (Å²) in [6.45, 7) is -0.198. The van der Waals surface area contributed by atoms with E-state index in [1.807, 2.05) is 0 Å². The summed E-state index contributed by atoms with van der Waals surface area (Å²) >= 11 is 1.31. The van der Waals surface area contributed by atoms with Crippen molar-refractivity contribution in [2.45, 2.75) is 64.3 Å². The van der Waals surface area contributed by atoms with E-state index in [9.17, 15) is 23.5 Å². The van der Waals surface area contributed by atoms with Gasteiger partial charge < -0.3 is 10.4 Å². The van der Waals surface area contributed by atoms with Crippen LogP contribution in [0.2, 0.25) is 0 Å². The molecule has 0 unspecified atom stereocenters. The normalized spacial score (nSPS) is 16.0. The number of thiophene rings is 1. The lowest BCUT2D eigenvalue weighted by Gasteiger charge is -2.14. The van der Waals surface area contributed by atoms with Gasteiger partial charge in [-0.15, -0.1) is 11.3 Å². The van der Waals surface area contributed by atoms with E-state index in [-0.39, 0.29) is 17.8 Å². The molecule has 2 aromatic heterocycles. The quantitative estimate of drug-likeness (QED) is 0.782. The molecule has 2 aliphatic rings. The van der Waals surface area contributed by atoms with E-state index in [0.29, 0.717) is 35.5 Å². The summed E-state index contributed by atoms with van der Waals surface area (Å²) in [7, 11) is 0. The van der Waals surface area contributed by atoms with Crippen molar-refractivity contribution < 1.29 is 23.5 Å². The minimum absolute atomic E-state index is 0.170. The highest BCUT2D eigenvalue weighted by atomic mass is 32.1. The summed E-state index contributed by atoms with van der Waals surface area (Å²) in [6, 6.07) is 0. The van der Waals surface area contributed by atoms with Crippen molar-refractivity contribution in [1.82, 2.24) is 9.78 Å². The van der Waals surface area contributed by atoms with Crippen LogP contribution >= 0.6 is 11.3 Å². The largest absolute Gasteiger partial charge is 0.478 e. The third-order valence-electron chi connectivity index (χ3n) is 5.43. The first-order chi connectivity index (χ1) is 13.5. The number of hydrogen-bond acceptors (Lipinski definition) is 4. The number of anilines is 1. The third-order valence-corrected chi connectivity index (χ3v) is 6.63. The van der Waals surface area contributed by atoms with Gasteiger partial charge in [0.05, 0.1) is 5.56 Å². The highest BCUT2D eigenvalue weighted by molar-refractivity contribution is 7.17. The van der Waals surface area contributed by atoms with Crippen LogP contribution in [-0.4, -0.2) is 26.8 Å². The SMILES string of the molecule is O=C(Cn1nc(C(F)F)c2c1CCCC2)Nc1sc2c(c1C(=O)O)CCCC2. The summed E-state index contributed by atoms with van der Waals surface area (Å²) in [5.74, 6) is -1.50. The van der Waals surface area contributed by atoms with Gasteiger partial charge in [0, 0.05) is 16.1 Å². The Morgan fingerprint density at radius 3 is 2.50 bits per heavy atom. The number of rotatable bonds is 5. The van der Waals surface area contributed by atoms with E-state index >= 15 is 0 Å². The molecule has 2 aliphatic carbocycles. The predicted octanol–water partition coefficient (Wildman–Crippen LogP) is 3.98. The van der Waals surface area contributed by atoms with Crippen molar-refractivity contribution in [3.05, 3.63) is 33.0 Å². The lowest BCUT2D eigenvalue weighted by atomic mass is 9.95. The summed E-state index contributed by atoms with van der Waals surface area (Å²) in [5.41, 5.74) is 2.01. The fourth-order valence-corrected chi connectivity index (χ4v) is 5.49. The third kappa shape index (κ3) is 3.43. The second-order valence-corrected chi connectivity index (χ2v) is 8.35. The zero-order chi connectivity index (χ0) is 19.8. The molecule has 0 bridgehead atoms. The minimum atomic E-state index is -2.67. The molecule has 2 N–H and O–H groups in total. The van der Waals surface area contributed by atoms with Crippen LogP contribution in [0.4, 0.5) is 13.8 Å². The second kappa shape index (κ2) is 7.62. The molecule has 0 radical (unpaired) electrons. The van der Waals surface area contributed by atoms with Crippen molar-refractivity contribution in [1.29, 1.82) is 0 Å². The van der Waals surface area contributed by atoms with Crippen LogP contribution in [0.5, 0.6) is 0 Å². The van der Waals surface area contributed by atoms with Gasteiger partial charge in [0.2, 0.25) is 5.91 Å². The molecular weight excluding hydrogens is 388 g/mol. The molecule has 150 valence electrons. The number of carbonyl (C=O) groups is 2. The first-order valence-electron chi connectivity index (χ1n) is 9.50. The van der Waals surface area contributed by atoms with Gasteiger partial charge in [-0.2, -0.15) is 5.10 Å². The summed E-state index contributed by atoms with van der Waals surface area (Å²) in [6.07, 6.45) is 3.70. The number of aromatic nitrogens is 2. The van der Waals surface area contributed by atoms with Crippen molar-refractivity contribution >= 4 is 28.2 Å². The zero-order valence-corrected chi connectivity index (χ0v) is 16.1. The number of hydrogen-bond donors (Lipinski definition) is 2. The maximum absolute atomic E-state index is 13.3. The number of fused-ring (bicyclic) bond motifs is 2. The van der Waals surface area contributed by atoms with E-state index < -0.39 is 18.3 Å². The number of nitrogens with zero attached hydrogens (tertiary/aromatic N) is 2. The molecule has 4 rings (SSSR count). The van der Waals surface area contributed by atoms with Gasteiger partial charge in [-0.05, 0) is 56.9 Å². The summed E-state index contributed by atoms with van der Waals surface area (Å²) < 4.78 is 27.9. The number of aromatic carboxylic acids is 1. The van der Waals surface area contributed by atoms with Gasteiger partial charge in [0.15, 0.2) is 0 Å². The van der Waals surface area contributed by atoms with Gasteiger partial charge in [-0.3, -0.25) is 9.48 Å². The number of aryl methyl sites for hydroxylation is 1. The molecule has 0 atom stereocenters. The highest BCUT2D eigenvalue weighted by Crippen LogP contribution is 2.38. The van der Waals surface area contributed by atoms with E-state index in [1.165, 1.54) is 16.0 Å². The highest BCUT2D eigenvalue weighted by Gasteiger charge is 2.28. The molecule has 2 heterocycles. The summed E-state index contributed by atoms with van der Waals surface area (Å²) in [5, 5.41) is 16.6. The zero-order valence-electron chi connectivity index (χ0n) is 15.3. The number of amides is 1. The topological polar surface area (TPSA) is 84.2 Å². The Morgan fingerprint density at radius 1 is 1.11 bits per heavy atom. The first kappa shape index (κ1) is 19.0. The summed E-state index contributed by atoms with van der Waals surface area (Å²) in [4.78, 5) is 25.3. The van der Waals surface area contributed by atoms with E-state index in [4.69, 9.17) is 0 Å². The Bertz CT molecular complexity index is 935. The fraction of sp³-hybridized carbons (Fsp3) is 0.526. The average molecular weight is 409 g/mol. The van der Waals surface area contributed by atoms with E-state index in [0.717, 1.165) is 42.5 Å². The van der Waals surface area contributed by atoms with Gasteiger partial charge in [-0.25, -0.2) is 13.6 Å². The standard InChI is InChI=1S/C19H21F2N3O3S/c20-17(21)16-10-5-1-3-7-12(10)24(23-16)9-14(25)22-18-15(19(26)27)11-6-2-4-8-13(11)28-18/h17H,1-9H2,(H,22,25)(H,26,27). The first-order valence-corrected chi connectivity index (χ1v) is 10.3. The Labute approximate surface area is 164 Å². The molecule has 0 spiro atoms. The lowest BCUT2D eigenvalue weighted by molar-refractivity contribution is -0.116. The number of halogens is 2. The fourth-order valence-electron chi connectivity index (χ4n) is 4.19. The lowest BCUT2D eigenvalue weighted by Crippen LogP contribution is -2.22. The van der Waals surface area contributed by atoms with Crippen LogP contribution in [0.3, 0.4) is 0 Å². The van der Waals surface area contributed by atoms with Crippen LogP contribution in [0.1, 0.15) is 69.9 Å². The molecule has 0 saturated heterocycles. The number of carboxylic acid groups (broad SMARTS) is 1. The molecule has 0 saturated carbocycles. The molecule has 1 amide bonds. The Kier molecular flexibility index (Phi) is 5.18. The molecule has 0 aromatic carbocycles. The minimum Gasteiger partial charge on any atom is -0.478 e. The molecule has 9 heteroatoms. The molecule has 28 heavy (non-hydrogen) atoms. The number of alkyl halides is 2. The number of carboxylic acids is 1. The van der Waals surface area contributed by atoms with Crippen molar-refractivity contribution in [2.24, 2.45) is 0 Å². The van der Waals surface area contributed by atoms with Crippen LogP contribution < -0.4 is 5.32 Å². The predicted molar refractivity (Wildman–Crippen MR) is 100 cm³/mol. The average Bonchev–Trinajstić information content (AvgIpc) is 3.20. The van der Waals surface area contributed by atoms with Gasteiger partial charge in [0.1, 0.15) is 17.2 Å². The van der Waals surface area contributed by atoms with Crippen molar-refractivity contribution in [3.63, 3.8) is 0 Å². The molecule has 2 aromatic rings. The van der Waals surface area contributed by atoms with Gasteiger partial charge in [0.25, 0.3) is 6.43 Å². The number of carbonyl (C=O) groups excluding carboxylic acids is 1. The number of nitrogens with one attached hydrogen (secondary N) is 1. The molecule has 0 fully saturated rings. The molecule has 0 aliphatic heterocycles. The van der Waals surface area contributed by atoms with Crippen molar-refractivity contribution in [2.75, 3.05) is 5.32 Å². The maximum Gasteiger partial charge on any atom is 0.339 e.